The number of ether oxygens (including phenoxy) is 1. The second kappa shape index (κ2) is 8.17. The van der Waals surface area contributed by atoms with Gasteiger partial charge in [0.25, 0.3) is 0 Å². The zero-order valence-electron chi connectivity index (χ0n) is 13.1. The van der Waals surface area contributed by atoms with Gasteiger partial charge in [-0.25, -0.2) is 0 Å². The molecule has 2 rings (SSSR count). The van der Waals surface area contributed by atoms with Crippen molar-refractivity contribution in [2.45, 2.75) is 37.1 Å². The Morgan fingerprint density at radius 3 is 2.67 bits per heavy atom. The molecule has 1 aliphatic carbocycles. The number of rotatable bonds is 5. The lowest BCUT2D eigenvalue weighted by molar-refractivity contribution is 0.414. The monoisotopic (exact) mass is 307 g/mol. The molecule has 116 valence electrons. The molecule has 0 saturated heterocycles. The van der Waals surface area contributed by atoms with Crippen molar-refractivity contribution in [3.63, 3.8) is 0 Å². The molecule has 0 aliphatic heterocycles. The second-order valence-corrected chi connectivity index (χ2v) is 6.42. The summed E-state index contributed by atoms with van der Waals surface area (Å²) in [6.45, 7) is 0.766. The minimum atomic E-state index is 0.546. The maximum absolute atomic E-state index is 5.17. The minimum absolute atomic E-state index is 0.546. The molecule has 4 nitrogen and oxygen atoms in total. The Morgan fingerprint density at radius 1 is 1.33 bits per heavy atom. The Morgan fingerprint density at radius 2 is 2.10 bits per heavy atom. The van der Waals surface area contributed by atoms with Crippen molar-refractivity contribution in [2.24, 2.45) is 4.99 Å². The summed E-state index contributed by atoms with van der Waals surface area (Å²) in [5.74, 6) is 1.77. The Hall–Kier alpha value is -1.36. The molecule has 1 saturated carbocycles. The molecule has 1 fully saturated rings. The molecular formula is C16H25N3OS. The minimum Gasteiger partial charge on any atom is -0.497 e. The van der Waals surface area contributed by atoms with Gasteiger partial charge in [-0.3, -0.25) is 4.99 Å². The van der Waals surface area contributed by atoms with Crippen LogP contribution in [-0.2, 0) is 6.54 Å². The summed E-state index contributed by atoms with van der Waals surface area (Å²) < 4.78 is 5.17. The first kappa shape index (κ1) is 16.0. The predicted octanol–water partition coefficient (Wildman–Crippen LogP) is 2.64. The summed E-state index contributed by atoms with van der Waals surface area (Å²) in [5, 5.41) is 7.69. The topological polar surface area (TPSA) is 45.7 Å². The molecule has 1 aliphatic rings. The fourth-order valence-electron chi connectivity index (χ4n) is 2.60. The summed E-state index contributed by atoms with van der Waals surface area (Å²) in [6.07, 6.45) is 5.96. The lowest BCUT2D eigenvalue weighted by atomic mass is 10.2. The van der Waals surface area contributed by atoms with E-state index in [4.69, 9.17) is 4.74 Å². The van der Waals surface area contributed by atoms with Gasteiger partial charge >= 0.3 is 0 Å². The van der Waals surface area contributed by atoms with Crippen molar-refractivity contribution in [1.29, 1.82) is 0 Å². The molecule has 21 heavy (non-hydrogen) atoms. The Kier molecular flexibility index (Phi) is 6.23. The third-order valence-corrected chi connectivity index (χ3v) is 5.00. The van der Waals surface area contributed by atoms with E-state index in [9.17, 15) is 0 Å². The summed E-state index contributed by atoms with van der Waals surface area (Å²) in [4.78, 5) is 4.31. The number of methoxy groups -OCH3 is 1. The first-order valence-corrected chi connectivity index (χ1v) is 8.67. The van der Waals surface area contributed by atoms with Crippen molar-refractivity contribution in [2.75, 3.05) is 20.4 Å². The van der Waals surface area contributed by atoms with Crippen LogP contribution < -0.4 is 15.4 Å². The van der Waals surface area contributed by atoms with Gasteiger partial charge in [0.1, 0.15) is 5.75 Å². The van der Waals surface area contributed by atoms with Gasteiger partial charge in [-0.15, -0.1) is 0 Å². The van der Waals surface area contributed by atoms with Gasteiger partial charge in [0.2, 0.25) is 0 Å². The van der Waals surface area contributed by atoms with E-state index in [-0.39, 0.29) is 0 Å². The van der Waals surface area contributed by atoms with Crippen LogP contribution in [0.5, 0.6) is 5.75 Å². The fourth-order valence-corrected chi connectivity index (χ4v) is 3.40. The van der Waals surface area contributed by atoms with Gasteiger partial charge in [0.05, 0.1) is 7.11 Å². The molecule has 2 N–H and O–H groups in total. The number of hydrogen-bond donors (Lipinski definition) is 2. The highest BCUT2D eigenvalue weighted by atomic mass is 32.2. The highest BCUT2D eigenvalue weighted by Gasteiger charge is 2.24. The first-order chi connectivity index (χ1) is 10.2. The molecule has 0 spiro atoms. The number of hydrogen-bond acceptors (Lipinski definition) is 3. The van der Waals surface area contributed by atoms with Crippen molar-refractivity contribution >= 4 is 17.7 Å². The number of aliphatic imine (C=N–C) groups is 1. The van der Waals surface area contributed by atoms with Gasteiger partial charge in [-0.2, -0.15) is 11.8 Å². The molecule has 0 bridgehead atoms. The molecule has 0 heterocycles. The van der Waals surface area contributed by atoms with Crippen LogP contribution in [0.15, 0.2) is 29.3 Å². The molecule has 1 aromatic rings. The van der Waals surface area contributed by atoms with Crippen LogP contribution in [-0.4, -0.2) is 37.7 Å². The Labute approximate surface area is 131 Å². The van der Waals surface area contributed by atoms with Crippen LogP contribution in [0.1, 0.15) is 24.8 Å². The molecule has 0 amide bonds. The van der Waals surface area contributed by atoms with Crippen LogP contribution >= 0.6 is 11.8 Å². The molecular weight excluding hydrogens is 282 g/mol. The zero-order chi connectivity index (χ0) is 15.1. The van der Waals surface area contributed by atoms with Gasteiger partial charge in [0, 0.05) is 24.9 Å². The van der Waals surface area contributed by atoms with Crippen molar-refractivity contribution < 1.29 is 4.74 Å². The highest BCUT2D eigenvalue weighted by molar-refractivity contribution is 7.99. The highest BCUT2D eigenvalue weighted by Crippen LogP contribution is 2.28. The summed E-state index contributed by atoms with van der Waals surface area (Å²) in [6, 6.07) is 8.64. The second-order valence-electron chi connectivity index (χ2n) is 5.29. The van der Waals surface area contributed by atoms with Crippen LogP contribution in [0.3, 0.4) is 0 Å². The lowest BCUT2D eigenvalue weighted by Crippen LogP contribution is -2.42. The van der Waals surface area contributed by atoms with E-state index in [1.54, 1.807) is 7.11 Å². The third kappa shape index (κ3) is 4.84. The van der Waals surface area contributed by atoms with Gasteiger partial charge in [-0.1, -0.05) is 12.1 Å². The summed E-state index contributed by atoms with van der Waals surface area (Å²) >= 11 is 1.97. The molecule has 2 atom stereocenters. The van der Waals surface area contributed by atoms with E-state index >= 15 is 0 Å². The van der Waals surface area contributed by atoms with E-state index in [1.807, 2.05) is 30.9 Å². The SMILES string of the molecule is CN=C(NCc1ccc(OC)cc1)NC1CCC(SC)C1. The van der Waals surface area contributed by atoms with Crippen LogP contribution in [0.2, 0.25) is 0 Å². The number of nitrogens with zero attached hydrogens (tertiary/aromatic N) is 1. The lowest BCUT2D eigenvalue weighted by Gasteiger charge is -2.17. The number of guanidine groups is 1. The standard InChI is InChI=1S/C16H25N3OS/c1-17-16(19-13-6-9-15(10-13)21-3)18-11-12-4-7-14(20-2)8-5-12/h4-5,7-8,13,15H,6,9-11H2,1-3H3,(H2,17,18,19). The van der Waals surface area contributed by atoms with Gasteiger partial charge in [0.15, 0.2) is 5.96 Å². The smallest absolute Gasteiger partial charge is 0.191 e. The average molecular weight is 307 g/mol. The largest absolute Gasteiger partial charge is 0.497 e. The van der Waals surface area contributed by atoms with E-state index in [0.717, 1.165) is 23.5 Å². The molecule has 5 heteroatoms. The summed E-state index contributed by atoms with van der Waals surface area (Å²) in [5.41, 5.74) is 1.21. The third-order valence-electron chi connectivity index (χ3n) is 3.90. The van der Waals surface area contributed by atoms with Crippen molar-refractivity contribution in [3.8, 4) is 5.75 Å². The average Bonchev–Trinajstić information content (AvgIpc) is 2.99. The van der Waals surface area contributed by atoms with E-state index in [1.165, 1.54) is 24.8 Å². The van der Waals surface area contributed by atoms with E-state index in [2.05, 4.69) is 34.0 Å². The first-order valence-electron chi connectivity index (χ1n) is 7.38. The zero-order valence-corrected chi connectivity index (χ0v) is 13.9. The molecule has 1 aromatic carbocycles. The fraction of sp³-hybridized carbons (Fsp3) is 0.562. The van der Waals surface area contributed by atoms with Gasteiger partial charge < -0.3 is 15.4 Å². The van der Waals surface area contributed by atoms with E-state index in [0.29, 0.717) is 6.04 Å². The Bertz CT molecular complexity index is 461. The number of thioether (sulfide) groups is 1. The predicted molar refractivity (Wildman–Crippen MR) is 91.3 cm³/mol. The van der Waals surface area contributed by atoms with Crippen LogP contribution in [0.25, 0.3) is 0 Å². The maximum Gasteiger partial charge on any atom is 0.191 e. The van der Waals surface area contributed by atoms with Crippen molar-refractivity contribution in [3.05, 3.63) is 29.8 Å². The van der Waals surface area contributed by atoms with Crippen LogP contribution in [0.4, 0.5) is 0 Å². The molecule has 0 aromatic heterocycles. The molecule has 0 radical (unpaired) electrons. The van der Waals surface area contributed by atoms with Crippen LogP contribution in [0, 0.1) is 0 Å². The number of benzene rings is 1. The number of nitrogens with one attached hydrogen (secondary N) is 2. The summed E-state index contributed by atoms with van der Waals surface area (Å²) in [7, 11) is 3.51. The Balaban J connectivity index is 1.79. The molecule has 2 unspecified atom stereocenters. The van der Waals surface area contributed by atoms with Gasteiger partial charge in [-0.05, 0) is 43.2 Å². The van der Waals surface area contributed by atoms with Crippen molar-refractivity contribution in [1.82, 2.24) is 10.6 Å². The van der Waals surface area contributed by atoms with E-state index < -0.39 is 0 Å². The quantitative estimate of drug-likeness (QED) is 0.648. The maximum atomic E-state index is 5.17. The normalized spacial score (nSPS) is 22.1.